The lowest BCUT2D eigenvalue weighted by atomic mass is 10.1. The van der Waals surface area contributed by atoms with Crippen LogP contribution in [0, 0.1) is 5.92 Å². The van der Waals surface area contributed by atoms with Gasteiger partial charge in [-0.2, -0.15) is 0 Å². The topological polar surface area (TPSA) is 84.5 Å². The Morgan fingerprint density at radius 3 is 2.90 bits per heavy atom. The Balaban J connectivity index is 1.74. The van der Waals surface area contributed by atoms with E-state index in [0.29, 0.717) is 23.4 Å². The van der Waals surface area contributed by atoms with Crippen molar-refractivity contribution >= 4 is 17.0 Å². The summed E-state index contributed by atoms with van der Waals surface area (Å²) in [5, 5.41) is 12.0. The van der Waals surface area contributed by atoms with Gasteiger partial charge >= 0.3 is 5.76 Å². The lowest BCUT2D eigenvalue weighted by Gasteiger charge is -2.17. The van der Waals surface area contributed by atoms with Crippen LogP contribution in [-0.4, -0.2) is 28.2 Å². The molecule has 0 radical (unpaired) electrons. The molecule has 1 amide bonds. The number of aliphatic hydroxyl groups is 1. The molecule has 2 N–H and O–H groups in total. The van der Waals surface area contributed by atoms with Crippen LogP contribution in [0.1, 0.15) is 19.3 Å². The second-order valence-corrected chi connectivity index (χ2v) is 5.45. The van der Waals surface area contributed by atoms with E-state index in [2.05, 4.69) is 5.32 Å². The van der Waals surface area contributed by atoms with E-state index in [1.165, 1.54) is 4.57 Å². The summed E-state index contributed by atoms with van der Waals surface area (Å²) in [6.45, 7) is -0.0134. The highest BCUT2D eigenvalue weighted by Crippen LogP contribution is 2.33. The van der Waals surface area contributed by atoms with Gasteiger partial charge in [0.2, 0.25) is 5.91 Å². The number of nitrogens with one attached hydrogen (secondary N) is 1. The molecule has 6 nitrogen and oxygen atoms in total. The van der Waals surface area contributed by atoms with E-state index in [0.717, 1.165) is 12.8 Å². The van der Waals surface area contributed by atoms with Crippen LogP contribution in [0.4, 0.5) is 0 Å². The number of oxazole rings is 1. The number of carbonyl (C=O) groups excluding carboxylic acids is 1. The minimum atomic E-state index is -0.531. The van der Waals surface area contributed by atoms with Crippen molar-refractivity contribution < 1.29 is 14.3 Å². The normalized spacial score (nSPS) is 16.0. The number of aliphatic hydroxyl groups excluding tert-OH is 1. The standard InChI is InChI=1S/C15H18N2O4/c18-8-7-11(10-5-6-10)16-14(19)9-17-12-3-1-2-4-13(12)21-15(17)20/h1-4,10-11,18H,5-9H2,(H,16,19). The van der Waals surface area contributed by atoms with Crippen LogP contribution in [0.5, 0.6) is 0 Å². The van der Waals surface area contributed by atoms with Gasteiger partial charge in [-0.1, -0.05) is 12.1 Å². The Labute approximate surface area is 121 Å². The fourth-order valence-electron chi connectivity index (χ4n) is 2.62. The number of hydrogen-bond donors (Lipinski definition) is 2. The van der Waals surface area contributed by atoms with Crippen molar-refractivity contribution in [2.45, 2.75) is 31.8 Å². The molecule has 1 saturated carbocycles. The van der Waals surface area contributed by atoms with Crippen molar-refractivity contribution in [3.8, 4) is 0 Å². The third kappa shape index (κ3) is 3.00. The Bertz CT molecular complexity index is 699. The molecular weight excluding hydrogens is 272 g/mol. The number of amides is 1. The number of fused-ring (bicyclic) bond motifs is 1. The van der Waals surface area contributed by atoms with Gasteiger partial charge in [0.25, 0.3) is 0 Å². The van der Waals surface area contributed by atoms with E-state index in [1.54, 1.807) is 24.3 Å². The number of benzene rings is 1. The molecule has 1 heterocycles. The van der Waals surface area contributed by atoms with E-state index in [-0.39, 0.29) is 25.1 Å². The van der Waals surface area contributed by atoms with Crippen LogP contribution in [-0.2, 0) is 11.3 Å². The van der Waals surface area contributed by atoms with Gasteiger partial charge in [0, 0.05) is 12.6 Å². The Kier molecular flexibility index (Phi) is 3.79. The van der Waals surface area contributed by atoms with Crippen LogP contribution in [0.25, 0.3) is 11.1 Å². The predicted molar refractivity (Wildman–Crippen MR) is 76.8 cm³/mol. The molecule has 0 saturated heterocycles. The van der Waals surface area contributed by atoms with E-state index in [9.17, 15) is 9.59 Å². The fourth-order valence-corrected chi connectivity index (χ4v) is 2.62. The van der Waals surface area contributed by atoms with Crippen molar-refractivity contribution in [1.82, 2.24) is 9.88 Å². The van der Waals surface area contributed by atoms with E-state index < -0.39 is 5.76 Å². The first-order valence-corrected chi connectivity index (χ1v) is 7.17. The van der Waals surface area contributed by atoms with Gasteiger partial charge in [0.15, 0.2) is 5.58 Å². The molecule has 21 heavy (non-hydrogen) atoms. The second-order valence-electron chi connectivity index (χ2n) is 5.45. The van der Waals surface area contributed by atoms with Crippen molar-refractivity contribution in [2.24, 2.45) is 5.92 Å². The zero-order valence-electron chi connectivity index (χ0n) is 11.6. The molecule has 112 valence electrons. The van der Waals surface area contributed by atoms with Gasteiger partial charge in [-0.15, -0.1) is 0 Å². The zero-order valence-corrected chi connectivity index (χ0v) is 11.6. The molecule has 2 aromatic rings. The smallest absolute Gasteiger partial charge is 0.408 e. The molecule has 0 bridgehead atoms. The Morgan fingerprint density at radius 2 is 2.19 bits per heavy atom. The number of aromatic nitrogens is 1. The molecule has 1 aromatic carbocycles. The number of nitrogens with zero attached hydrogens (tertiary/aromatic N) is 1. The van der Waals surface area contributed by atoms with Gasteiger partial charge < -0.3 is 14.8 Å². The Morgan fingerprint density at radius 1 is 1.43 bits per heavy atom. The first kappa shape index (κ1) is 13.9. The quantitative estimate of drug-likeness (QED) is 0.827. The van der Waals surface area contributed by atoms with Crippen molar-refractivity contribution in [1.29, 1.82) is 0 Å². The maximum absolute atomic E-state index is 12.1. The lowest BCUT2D eigenvalue weighted by Crippen LogP contribution is -2.40. The van der Waals surface area contributed by atoms with Gasteiger partial charge in [-0.3, -0.25) is 9.36 Å². The minimum Gasteiger partial charge on any atom is -0.408 e. The molecule has 0 spiro atoms. The predicted octanol–water partition coefficient (Wildman–Crippen LogP) is 0.872. The SMILES string of the molecule is O=C(Cn1c(=O)oc2ccccc21)NC(CCO)C1CC1. The van der Waals surface area contributed by atoms with E-state index in [1.807, 2.05) is 0 Å². The zero-order chi connectivity index (χ0) is 14.8. The molecule has 1 aromatic heterocycles. The largest absolute Gasteiger partial charge is 0.420 e. The lowest BCUT2D eigenvalue weighted by molar-refractivity contribution is -0.122. The Hall–Kier alpha value is -2.08. The molecule has 6 heteroatoms. The highest BCUT2D eigenvalue weighted by molar-refractivity contribution is 5.79. The number of hydrogen-bond acceptors (Lipinski definition) is 4. The summed E-state index contributed by atoms with van der Waals surface area (Å²) < 4.78 is 6.43. The average Bonchev–Trinajstić information content (AvgIpc) is 3.25. The van der Waals surface area contributed by atoms with Gasteiger partial charge in [0.1, 0.15) is 6.54 Å². The second kappa shape index (κ2) is 5.73. The third-order valence-corrected chi connectivity index (χ3v) is 3.85. The first-order valence-electron chi connectivity index (χ1n) is 7.17. The highest BCUT2D eigenvalue weighted by Gasteiger charge is 2.31. The van der Waals surface area contributed by atoms with Crippen molar-refractivity contribution in [3.05, 3.63) is 34.8 Å². The summed E-state index contributed by atoms with van der Waals surface area (Å²) in [5.41, 5.74) is 1.09. The molecule has 1 fully saturated rings. The molecule has 1 atom stereocenters. The monoisotopic (exact) mass is 290 g/mol. The summed E-state index contributed by atoms with van der Waals surface area (Å²) in [6.07, 6.45) is 2.72. The van der Waals surface area contributed by atoms with Crippen molar-refractivity contribution in [3.63, 3.8) is 0 Å². The number of rotatable bonds is 6. The van der Waals surface area contributed by atoms with Crippen LogP contribution in [0.3, 0.4) is 0 Å². The summed E-state index contributed by atoms with van der Waals surface area (Å²) in [5.74, 6) is -0.301. The van der Waals surface area contributed by atoms with Crippen LogP contribution < -0.4 is 11.1 Å². The fraction of sp³-hybridized carbons (Fsp3) is 0.467. The molecule has 3 rings (SSSR count). The highest BCUT2D eigenvalue weighted by atomic mass is 16.4. The molecule has 1 aliphatic carbocycles. The van der Waals surface area contributed by atoms with Gasteiger partial charge in [-0.25, -0.2) is 4.79 Å². The third-order valence-electron chi connectivity index (χ3n) is 3.85. The van der Waals surface area contributed by atoms with Gasteiger partial charge in [-0.05, 0) is 37.3 Å². The van der Waals surface area contributed by atoms with Crippen LogP contribution >= 0.6 is 0 Å². The number of para-hydroxylation sites is 2. The van der Waals surface area contributed by atoms with Crippen molar-refractivity contribution in [2.75, 3.05) is 6.61 Å². The first-order chi connectivity index (χ1) is 10.2. The molecule has 1 aliphatic rings. The number of carbonyl (C=O) groups is 1. The maximum atomic E-state index is 12.1. The maximum Gasteiger partial charge on any atom is 0.420 e. The minimum absolute atomic E-state index is 0.00336. The summed E-state index contributed by atoms with van der Waals surface area (Å²) in [4.78, 5) is 23.9. The molecule has 0 aliphatic heterocycles. The molecule has 1 unspecified atom stereocenters. The van der Waals surface area contributed by atoms with Gasteiger partial charge in [0.05, 0.1) is 5.52 Å². The molecular formula is C15H18N2O4. The van der Waals surface area contributed by atoms with E-state index in [4.69, 9.17) is 9.52 Å². The summed E-state index contributed by atoms with van der Waals surface area (Å²) in [7, 11) is 0. The van der Waals surface area contributed by atoms with E-state index >= 15 is 0 Å². The van der Waals surface area contributed by atoms with Crippen LogP contribution in [0.2, 0.25) is 0 Å². The van der Waals surface area contributed by atoms with Crippen LogP contribution in [0.15, 0.2) is 33.5 Å². The summed E-state index contributed by atoms with van der Waals surface area (Å²) >= 11 is 0. The summed E-state index contributed by atoms with van der Waals surface area (Å²) in [6, 6.07) is 7.02. The average molecular weight is 290 g/mol.